The third kappa shape index (κ3) is 3.14. The van der Waals surface area contributed by atoms with Crippen LogP contribution >= 0.6 is 0 Å². The zero-order valence-electron chi connectivity index (χ0n) is 14.2. The zero-order valence-corrected chi connectivity index (χ0v) is 14.2. The van der Waals surface area contributed by atoms with Gasteiger partial charge in [-0.25, -0.2) is 4.98 Å². The summed E-state index contributed by atoms with van der Waals surface area (Å²) in [7, 11) is 0. The third-order valence-corrected chi connectivity index (χ3v) is 5.88. The molecule has 130 valence electrons. The van der Waals surface area contributed by atoms with E-state index in [1.165, 1.54) is 32.1 Å². The van der Waals surface area contributed by atoms with Crippen molar-refractivity contribution in [2.45, 2.75) is 75.5 Å². The largest absolute Gasteiger partial charge is 0.376 e. The number of nitrogens with one attached hydrogen (secondary N) is 2. The van der Waals surface area contributed by atoms with Crippen molar-refractivity contribution in [1.82, 2.24) is 10.3 Å². The highest BCUT2D eigenvalue weighted by molar-refractivity contribution is 5.95. The molecule has 24 heavy (non-hydrogen) atoms. The van der Waals surface area contributed by atoms with Gasteiger partial charge in [-0.3, -0.25) is 4.79 Å². The van der Waals surface area contributed by atoms with Crippen LogP contribution in [-0.4, -0.2) is 35.2 Å². The second kappa shape index (κ2) is 6.71. The van der Waals surface area contributed by atoms with Gasteiger partial charge >= 0.3 is 0 Å². The van der Waals surface area contributed by atoms with Crippen LogP contribution in [-0.2, 0) is 4.74 Å². The van der Waals surface area contributed by atoms with Gasteiger partial charge in [0.05, 0.1) is 11.6 Å². The van der Waals surface area contributed by atoms with Gasteiger partial charge < -0.3 is 15.4 Å². The summed E-state index contributed by atoms with van der Waals surface area (Å²) in [5.41, 5.74) is 0.547. The predicted molar refractivity (Wildman–Crippen MR) is 93.1 cm³/mol. The van der Waals surface area contributed by atoms with Gasteiger partial charge in [-0.2, -0.15) is 0 Å². The maximum atomic E-state index is 12.8. The Hall–Kier alpha value is -1.62. The fraction of sp³-hybridized carbons (Fsp3) is 0.684. The lowest BCUT2D eigenvalue weighted by Gasteiger charge is -2.46. The molecule has 4 rings (SSSR count). The van der Waals surface area contributed by atoms with Crippen LogP contribution in [0.3, 0.4) is 0 Å². The lowest BCUT2D eigenvalue weighted by molar-refractivity contribution is -0.0107. The SMILES string of the molecule is O=C(NC1(C2CCCO2)CCC1)c1ccnc(NC2CCCC2)c1. The summed E-state index contributed by atoms with van der Waals surface area (Å²) in [6.07, 6.45) is 12.3. The molecule has 5 heteroatoms. The molecule has 3 aliphatic rings. The molecule has 0 spiro atoms. The smallest absolute Gasteiger partial charge is 0.251 e. The first-order valence-electron chi connectivity index (χ1n) is 9.42. The van der Waals surface area contributed by atoms with Crippen LogP contribution in [0.15, 0.2) is 18.3 Å². The molecule has 2 N–H and O–H groups in total. The summed E-state index contributed by atoms with van der Waals surface area (Å²) in [5, 5.41) is 6.76. The van der Waals surface area contributed by atoms with Gasteiger partial charge in [-0.15, -0.1) is 0 Å². The first-order chi connectivity index (χ1) is 11.8. The van der Waals surface area contributed by atoms with E-state index in [2.05, 4.69) is 15.6 Å². The Bertz CT molecular complexity index is 588. The van der Waals surface area contributed by atoms with E-state index in [-0.39, 0.29) is 17.6 Å². The molecule has 1 aromatic heterocycles. The number of nitrogens with zero attached hydrogens (tertiary/aromatic N) is 1. The third-order valence-electron chi connectivity index (χ3n) is 5.88. The van der Waals surface area contributed by atoms with Crippen molar-refractivity contribution in [3.8, 4) is 0 Å². The molecule has 1 amide bonds. The first kappa shape index (κ1) is 15.9. The minimum atomic E-state index is -0.143. The summed E-state index contributed by atoms with van der Waals surface area (Å²) in [5.74, 6) is 0.816. The van der Waals surface area contributed by atoms with Crippen LogP contribution in [0, 0.1) is 0 Å². The average molecular weight is 329 g/mol. The molecule has 2 saturated carbocycles. The highest BCUT2D eigenvalue weighted by Gasteiger charge is 2.47. The van der Waals surface area contributed by atoms with Crippen LogP contribution in [0.25, 0.3) is 0 Å². The Kier molecular flexibility index (Phi) is 4.44. The second-order valence-corrected chi connectivity index (χ2v) is 7.52. The summed E-state index contributed by atoms with van der Waals surface area (Å²) in [6, 6.07) is 4.19. The van der Waals surface area contributed by atoms with E-state index in [1.807, 2.05) is 6.07 Å². The number of hydrogen-bond acceptors (Lipinski definition) is 4. The van der Waals surface area contributed by atoms with Crippen LogP contribution < -0.4 is 10.6 Å². The average Bonchev–Trinajstić information content (AvgIpc) is 3.24. The van der Waals surface area contributed by atoms with Crippen molar-refractivity contribution in [2.24, 2.45) is 0 Å². The normalized spacial score (nSPS) is 26.1. The fourth-order valence-electron chi connectivity index (χ4n) is 4.33. The molecule has 1 saturated heterocycles. The minimum Gasteiger partial charge on any atom is -0.376 e. The number of aromatic nitrogens is 1. The van der Waals surface area contributed by atoms with Crippen molar-refractivity contribution in [3.05, 3.63) is 23.9 Å². The highest BCUT2D eigenvalue weighted by atomic mass is 16.5. The van der Waals surface area contributed by atoms with Crippen molar-refractivity contribution >= 4 is 11.7 Å². The van der Waals surface area contributed by atoms with E-state index in [1.54, 1.807) is 12.3 Å². The molecule has 1 atom stereocenters. The van der Waals surface area contributed by atoms with Crippen molar-refractivity contribution in [2.75, 3.05) is 11.9 Å². The number of rotatable bonds is 5. The lowest BCUT2D eigenvalue weighted by atomic mass is 9.71. The maximum Gasteiger partial charge on any atom is 0.251 e. The standard InChI is InChI=1S/C19H27N3O2/c23-18(22-19(9-4-10-19)16-7-3-12-24-16)14-8-11-20-17(13-14)21-15-5-1-2-6-15/h8,11,13,15-16H,1-7,9-10,12H2,(H,20,21)(H,22,23). The van der Waals surface area contributed by atoms with Gasteiger partial charge in [0.1, 0.15) is 5.82 Å². The molecule has 2 heterocycles. The van der Waals surface area contributed by atoms with Crippen molar-refractivity contribution in [1.29, 1.82) is 0 Å². The molecule has 0 radical (unpaired) electrons. The van der Waals surface area contributed by atoms with Crippen molar-refractivity contribution in [3.63, 3.8) is 0 Å². The quantitative estimate of drug-likeness (QED) is 0.870. The Morgan fingerprint density at radius 3 is 2.67 bits per heavy atom. The molecule has 5 nitrogen and oxygen atoms in total. The Labute approximate surface area is 143 Å². The van der Waals surface area contributed by atoms with E-state index in [4.69, 9.17) is 4.74 Å². The van der Waals surface area contributed by atoms with E-state index in [0.29, 0.717) is 11.6 Å². The molecule has 1 unspecified atom stereocenters. The Morgan fingerprint density at radius 1 is 1.17 bits per heavy atom. The Balaban J connectivity index is 1.43. The van der Waals surface area contributed by atoms with Gasteiger partial charge in [0.2, 0.25) is 0 Å². The van der Waals surface area contributed by atoms with Gasteiger partial charge in [0, 0.05) is 24.4 Å². The van der Waals surface area contributed by atoms with Gasteiger partial charge in [-0.1, -0.05) is 12.8 Å². The van der Waals surface area contributed by atoms with E-state index < -0.39 is 0 Å². The van der Waals surface area contributed by atoms with Crippen LogP contribution in [0.4, 0.5) is 5.82 Å². The topological polar surface area (TPSA) is 63.2 Å². The van der Waals surface area contributed by atoms with Crippen molar-refractivity contribution < 1.29 is 9.53 Å². The first-order valence-corrected chi connectivity index (χ1v) is 9.42. The molecule has 1 aromatic rings. The summed E-state index contributed by atoms with van der Waals surface area (Å²) < 4.78 is 5.87. The van der Waals surface area contributed by atoms with Gasteiger partial charge in [0.15, 0.2) is 0 Å². The molecule has 0 aromatic carbocycles. The molecule has 3 fully saturated rings. The van der Waals surface area contributed by atoms with Crippen LogP contribution in [0.1, 0.15) is 68.1 Å². The number of carbonyl (C=O) groups is 1. The second-order valence-electron chi connectivity index (χ2n) is 7.52. The number of hydrogen-bond donors (Lipinski definition) is 2. The monoisotopic (exact) mass is 329 g/mol. The molecule has 1 aliphatic heterocycles. The number of anilines is 1. The van der Waals surface area contributed by atoms with Gasteiger partial charge in [0.25, 0.3) is 5.91 Å². The number of ether oxygens (including phenoxy) is 1. The maximum absolute atomic E-state index is 12.8. The number of carbonyl (C=O) groups excluding carboxylic acids is 1. The Morgan fingerprint density at radius 2 is 2.00 bits per heavy atom. The lowest BCUT2D eigenvalue weighted by Crippen LogP contribution is -2.60. The minimum absolute atomic E-state index is 0.00192. The van der Waals surface area contributed by atoms with E-state index >= 15 is 0 Å². The molecular formula is C19H27N3O2. The van der Waals surface area contributed by atoms with Crippen LogP contribution in [0.2, 0.25) is 0 Å². The molecular weight excluding hydrogens is 302 g/mol. The number of amides is 1. The number of pyridine rings is 1. The predicted octanol–water partition coefficient (Wildman–Crippen LogP) is 3.27. The van der Waals surface area contributed by atoms with Crippen LogP contribution in [0.5, 0.6) is 0 Å². The fourth-order valence-corrected chi connectivity index (χ4v) is 4.33. The summed E-state index contributed by atoms with van der Waals surface area (Å²) in [4.78, 5) is 17.2. The summed E-state index contributed by atoms with van der Waals surface area (Å²) >= 11 is 0. The molecule has 0 bridgehead atoms. The zero-order chi connectivity index (χ0) is 16.4. The van der Waals surface area contributed by atoms with Gasteiger partial charge in [-0.05, 0) is 57.1 Å². The molecule has 2 aliphatic carbocycles. The van der Waals surface area contributed by atoms with E-state index in [0.717, 1.165) is 38.1 Å². The highest BCUT2D eigenvalue weighted by Crippen LogP contribution is 2.40. The van der Waals surface area contributed by atoms with E-state index in [9.17, 15) is 4.79 Å². The summed E-state index contributed by atoms with van der Waals surface area (Å²) in [6.45, 7) is 0.826.